The number of nitrogens with zero attached hydrogens (tertiary/aromatic N) is 5. The minimum Gasteiger partial charge on any atom is -0.459 e. The number of terminal acetylenes is 1. The first-order valence-corrected chi connectivity index (χ1v) is 8.82. The zero-order valence-corrected chi connectivity index (χ0v) is 14.7. The summed E-state index contributed by atoms with van der Waals surface area (Å²) in [6, 6.07) is 8.30. The van der Waals surface area contributed by atoms with Crippen LogP contribution in [0.5, 0.6) is 0 Å². The second-order valence-corrected chi connectivity index (χ2v) is 5.92. The van der Waals surface area contributed by atoms with E-state index in [1.807, 2.05) is 42.6 Å². The standard InChI is InChI=1S/C16H18N6O.C2H6/c1-2-17-16(23-13-11-21-9-6-12(13)7-10-21)18-15-20-19-14-5-3-4-8-22(14)15;1-2/h1,3-5,8,12-13H,6-7,9-11H2,(H,17,18,20);1-2H3/t13-;/m0./s1. The Morgan fingerprint density at radius 3 is 2.80 bits per heavy atom. The van der Waals surface area contributed by atoms with Gasteiger partial charge in [-0.1, -0.05) is 26.3 Å². The Balaban J connectivity index is 0.000000880. The molecule has 7 heteroatoms. The van der Waals surface area contributed by atoms with E-state index in [0.29, 0.717) is 17.9 Å². The van der Waals surface area contributed by atoms with E-state index in [2.05, 4.69) is 31.5 Å². The molecule has 0 aliphatic carbocycles. The van der Waals surface area contributed by atoms with Crippen molar-refractivity contribution in [2.24, 2.45) is 10.9 Å². The van der Waals surface area contributed by atoms with Crippen LogP contribution in [0.1, 0.15) is 26.7 Å². The third kappa shape index (κ3) is 3.74. The summed E-state index contributed by atoms with van der Waals surface area (Å²) in [5.41, 5.74) is 0.748. The Morgan fingerprint density at radius 1 is 1.32 bits per heavy atom. The summed E-state index contributed by atoms with van der Waals surface area (Å²) < 4.78 is 7.89. The van der Waals surface area contributed by atoms with E-state index in [9.17, 15) is 0 Å². The van der Waals surface area contributed by atoms with E-state index in [0.717, 1.165) is 25.3 Å². The highest BCUT2D eigenvalue weighted by atomic mass is 16.5. The first-order chi connectivity index (χ1) is 12.3. The van der Waals surface area contributed by atoms with Crippen molar-refractivity contribution in [3.63, 3.8) is 0 Å². The molecule has 25 heavy (non-hydrogen) atoms. The Kier molecular flexibility index (Phi) is 5.51. The predicted molar refractivity (Wildman–Crippen MR) is 98.3 cm³/mol. The molecule has 0 saturated carbocycles. The van der Waals surface area contributed by atoms with Gasteiger partial charge >= 0.3 is 6.02 Å². The highest BCUT2D eigenvalue weighted by Gasteiger charge is 2.36. The van der Waals surface area contributed by atoms with E-state index in [1.165, 1.54) is 12.8 Å². The molecule has 1 atom stereocenters. The van der Waals surface area contributed by atoms with Gasteiger partial charge in [0.25, 0.3) is 0 Å². The molecule has 0 amide bonds. The second kappa shape index (κ2) is 7.99. The number of hydrogen-bond acceptors (Lipinski definition) is 5. The number of anilines is 1. The fourth-order valence-electron chi connectivity index (χ4n) is 3.35. The van der Waals surface area contributed by atoms with E-state index < -0.39 is 0 Å². The van der Waals surface area contributed by atoms with Gasteiger partial charge in [-0.2, -0.15) is 0 Å². The molecule has 0 radical (unpaired) electrons. The summed E-state index contributed by atoms with van der Waals surface area (Å²) in [7, 11) is 0. The lowest BCUT2D eigenvalue weighted by atomic mass is 9.86. The number of nitrogens with one attached hydrogen (secondary N) is 1. The van der Waals surface area contributed by atoms with Gasteiger partial charge < -0.3 is 4.74 Å². The molecule has 2 aromatic heterocycles. The smallest absolute Gasteiger partial charge is 0.305 e. The minimum atomic E-state index is 0.122. The van der Waals surface area contributed by atoms with Crippen LogP contribution in [0.25, 0.3) is 5.65 Å². The third-order valence-electron chi connectivity index (χ3n) is 4.56. The fraction of sp³-hybridized carbons (Fsp3) is 0.500. The van der Waals surface area contributed by atoms with E-state index in [4.69, 9.17) is 11.2 Å². The van der Waals surface area contributed by atoms with Crippen LogP contribution >= 0.6 is 0 Å². The fourth-order valence-corrected chi connectivity index (χ4v) is 3.35. The molecule has 5 rings (SSSR count). The molecule has 2 bridgehead atoms. The molecule has 2 aromatic rings. The molecule has 3 aliphatic heterocycles. The highest BCUT2D eigenvalue weighted by Crippen LogP contribution is 2.29. The van der Waals surface area contributed by atoms with Crippen molar-refractivity contribution in [2.45, 2.75) is 32.8 Å². The Bertz CT molecular complexity index is 769. The number of hydrogen-bond donors (Lipinski definition) is 1. The van der Waals surface area contributed by atoms with E-state index in [-0.39, 0.29) is 6.10 Å². The lowest BCUT2D eigenvalue weighted by Gasteiger charge is -2.44. The molecular formula is C18H24N6O. The average molecular weight is 340 g/mol. The molecule has 7 nitrogen and oxygen atoms in total. The maximum atomic E-state index is 6.06. The Morgan fingerprint density at radius 2 is 2.12 bits per heavy atom. The van der Waals surface area contributed by atoms with Gasteiger partial charge in [-0.25, -0.2) is 0 Å². The van der Waals surface area contributed by atoms with Gasteiger partial charge in [-0.3, -0.25) is 14.6 Å². The first-order valence-electron chi connectivity index (χ1n) is 8.82. The van der Waals surface area contributed by atoms with Gasteiger partial charge in [0, 0.05) is 18.8 Å². The number of aromatic nitrogens is 3. The normalized spacial score (nSPS) is 25.0. The van der Waals surface area contributed by atoms with Crippen molar-refractivity contribution in [3.8, 4) is 12.5 Å². The summed E-state index contributed by atoms with van der Waals surface area (Å²) in [4.78, 5) is 6.42. The average Bonchev–Trinajstić information content (AvgIpc) is 3.08. The van der Waals surface area contributed by atoms with E-state index >= 15 is 0 Å². The van der Waals surface area contributed by atoms with Gasteiger partial charge in [0.1, 0.15) is 6.10 Å². The largest absolute Gasteiger partial charge is 0.459 e. The van der Waals surface area contributed by atoms with Crippen molar-refractivity contribution >= 4 is 17.6 Å². The minimum absolute atomic E-state index is 0.122. The van der Waals surface area contributed by atoms with Crippen molar-refractivity contribution in [2.75, 3.05) is 25.0 Å². The van der Waals surface area contributed by atoms with Crippen LogP contribution in [0, 0.1) is 18.4 Å². The molecule has 3 fully saturated rings. The maximum Gasteiger partial charge on any atom is 0.305 e. The quantitative estimate of drug-likeness (QED) is 0.516. The lowest BCUT2D eigenvalue weighted by Crippen LogP contribution is -2.52. The van der Waals surface area contributed by atoms with Crippen LogP contribution in [-0.4, -0.2) is 51.3 Å². The molecule has 0 spiro atoms. The lowest BCUT2D eigenvalue weighted by molar-refractivity contribution is -0.0145. The molecule has 132 valence electrons. The zero-order chi connectivity index (χ0) is 17.6. The van der Waals surface area contributed by atoms with Crippen LogP contribution in [0.15, 0.2) is 29.4 Å². The number of piperidine rings is 3. The van der Waals surface area contributed by atoms with Crippen molar-refractivity contribution in [1.82, 2.24) is 19.5 Å². The molecule has 0 aromatic carbocycles. The predicted octanol–water partition coefficient (Wildman–Crippen LogP) is 2.22. The number of fused-ring (bicyclic) bond motifs is 4. The number of pyridine rings is 1. The number of rotatable bonds is 2. The van der Waals surface area contributed by atoms with Gasteiger partial charge in [0.05, 0.1) is 0 Å². The first kappa shape index (κ1) is 17.2. The summed E-state index contributed by atoms with van der Waals surface area (Å²) in [6.45, 7) is 7.25. The Hall–Kier alpha value is -2.59. The summed E-state index contributed by atoms with van der Waals surface area (Å²) in [5.74, 6) is 1.11. The maximum absolute atomic E-state index is 6.06. The van der Waals surface area contributed by atoms with Crippen LogP contribution in [0.2, 0.25) is 0 Å². The zero-order valence-electron chi connectivity index (χ0n) is 14.7. The number of amidine groups is 1. The van der Waals surface area contributed by atoms with Gasteiger partial charge in [0.15, 0.2) is 5.65 Å². The van der Waals surface area contributed by atoms with Gasteiger partial charge in [0.2, 0.25) is 5.95 Å². The molecule has 1 N–H and O–H groups in total. The van der Waals surface area contributed by atoms with Crippen LogP contribution < -0.4 is 5.32 Å². The van der Waals surface area contributed by atoms with Crippen molar-refractivity contribution in [3.05, 3.63) is 24.4 Å². The van der Waals surface area contributed by atoms with Gasteiger partial charge in [-0.15, -0.1) is 15.2 Å². The SMILES string of the molecule is C#CN=C(Nc1nnc2ccccn12)O[C@H]1CN2CCC1CC2.CC. The van der Waals surface area contributed by atoms with Crippen LogP contribution in [0.3, 0.4) is 0 Å². The van der Waals surface area contributed by atoms with Crippen LogP contribution in [0.4, 0.5) is 5.95 Å². The third-order valence-corrected chi connectivity index (χ3v) is 4.56. The van der Waals surface area contributed by atoms with E-state index in [1.54, 1.807) is 0 Å². The van der Waals surface area contributed by atoms with Crippen LogP contribution in [-0.2, 0) is 4.74 Å². The summed E-state index contributed by atoms with van der Waals surface area (Å²) in [6.07, 6.45) is 9.67. The molecule has 5 heterocycles. The molecular weight excluding hydrogens is 316 g/mol. The number of aliphatic imine (C=N–C) groups is 1. The van der Waals surface area contributed by atoms with Crippen molar-refractivity contribution < 1.29 is 4.74 Å². The molecule has 3 aliphatic rings. The molecule has 3 saturated heterocycles. The monoisotopic (exact) mass is 340 g/mol. The van der Waals surface area contributed by atoms with Gasteiger partial charge in [-0.05, 0) is 44.0 Å². The van der Waals surface area contributed by atoms with Crippen molar-refractivity contribution in [1.29, 1.82) is 0 Å². The number of ether oxygens (including phenoxy) is 1. The molecule has 0 unspecified atom stereocenters. The summed E-state index contributed by atoms with van der Waals surface area (Å²) in [5, 5.41) is 11.3. The highest BCUT2D eigenvalue weighted by molar-refractivity contribution is 5.88. The Labute approximate surface area is 148 Å². The topological polar surface area (TPSA) is 67.0 Å². The second-order valence-electron chi connectivity index (χ2n) is 5.92. The summed E-state index contributed by atoms with van der Waals surface area (Å²) >= 11 is 0.